The van der Waals surface area contributed by atoms with Crippen LogP contribution in [-0.4, -0.2) is 53.1 Å². The molecule has 0 aliphatic carbocycles. The van der Waals surface area contributed by atoms with Crippen molar-refractivity contribution in [2.45, 2.75) is 0 Å². The first-order valence-electron chi connectivity index (χ1n) is 8.69. The number of hydrogen-bond acceptors (Lipinski definition) is 6. The van der Waals surface area contributed by atoms with Gasteiger partial charge in [0.05, 0.1) is 17.1 Å². The van der Waals surface area contributed by atoms with Crippen molar-refractivity contribution in [3.8, 4) is 17.2 Å². The van der Waals surface area contributed by atoms with E-state index in [1.165, 1.54) is 0 Å². The van der Waals surface area contributed by atoms with Crippen LogP contribution in [0.2, 0.25) is 0 Å². The molecule has 0 atom stereocenters. The molecule has 0 saturated carbocycles. The van der Waals surface area contributed by atoms with Gasteiger partial charge in [-0.15, -0.1) is 0 Å². The van der Waals surface area contributed by atoms with Crippen LogP contribution in [0.4, 0.5) is 5.95 Å². The summed E-state index contributed by atoms with van der Waals surface area (Å²) < 4.78 is 0. The highest BCUT2D eigenvalue weighted by atomic mass is 15.5. The van der Waals surface area contributed by atoms with E-state index in [1.54, 1.807) is 0 Å². The summed E-state index contributed by atoms with van der Waals surface area (Å²) in [6.07, 6.45) is 1.85. The third-order valence-corrected chi connectivity index (χ3v) is 4.67. The van der Waals surface area contributed by atoms with Gasteiger partial charge in [-0.2, -0.15) is 5.26 Å². The fraction of sp³-hybridized carbons (Fsp3) is 0.250. The number of benzene rings is 2. The van der Waals surface area contributed by atoms with Gasteiger partial charge in [0.2, 0.25) is 5.95 Å². The van der Waals surface area contributed by atoms with Gasteiger partial charge in [0.15, 0.2) is 0 Å². The lowest BCUT2D eigenvalue weighted by Crippen LogP contribution is -2.47. The molecule has 1 aliphatic heterocycles. The van der Waals surface area contributed by atoms with Crippen molar-refractivity contribution in [3.63, 3.8) is 0 Å². The van der Waals surface area contributed by atoms with Gasteiger partial charge in [-0.3, -0.25) is 5.43 Å². The molecule has 130 valence electrons. The molecule has 0 amide bonds. The van der Waals surface area contributed by atoms with Gasteiger partial charge in [-0.1, -0.05) is 30.3 Å². The van der Waals surface area contributed by atoms with Crippen LogP contribution >= 0.6 is 0 Å². The smallest absolute Gasteiger partial charge is 0.238 e. The van der Waals surface area contributed by atoms with Crippen LogP contribution in [0, 0.1) is 11.3 Å². The fourth-order valence-electron chi connectivity index (χ4n) is 3.16. The highest BCUT2D eigenvalue weighted by molar-refractivity contribution is 5.93. The second kappa shape index (κ2) is 7.08. The second-order valence-electron chi connectivity index (χ2n) is 6.53. The Balaban J connectivity index is 1.69. The molecule has 0 bridgehead atoms. The number of para-hydroxylation sites is 1. The number of piperazine rings is 1. The van der Waals surface area contributed by atoms with Crippen LogP contribution < -0.4 is 5.43 Å². The number of rotatable bonds is 3. The Morgan fingerprint density at radius 1 is 1.08 bits per heavy atom. The number of aromatic nitrogens is 2. The molecule has 2 heterocycles. The first kappa shape index (κ1) is 16.5. The largest absolute Gasteiger partial charge is 0.304 e. The Bertz CT molecular complexity index is 969. The fourth-order valence-corrected chi connectivity index (χ4v) is 3.16. The van der Waals surface area contributed by atoms with Crippen molar-refractivity contribution in [3.05, 3.63) is 54.2 Å². The zero-order valence-electron chi connectivity index (χ0n) is 14.7. The maximum absolute atomic E-state index is 9.17. The van der Waals surface area contributed by atoms with E-state index < -0.39 is 0 Å². The van der Waals surface area contributed by atoms with E-state index in [-0.39, 0.29) is 0 Å². The average molecular weight is 344 g/mol. The predicted octanol–water partition coefficient (Wildman–Crippen LogP) is 2.74. The number of nitrogens with one attached hydrogen (secondary N) is 1. The lowest BCUT2D eigenvalue weighted by atomic mass is 10.0. The molecular formula is C20H20N6. The van der Waals surface area contributed by atoms with E-state index in [0.717, 1.165) is 48.2 Å². The van der Waals surface area contributed by atoms with Crippen molar-refractivity contribution < 1.29 is 0 Å². The minimum Gasteiger partial charge on any atom is -0.304 e. The monoisotopic (exact) mass is 344 g/mol. The van der Waals surface area contributed by atoms with Crippen molar-refractivity contribution >= 4 is 16.9 Å². The van der Waals surface area contributed by atoms with Crippen LogP contribution in [-0.2, 0) is 0 Å². The van der Waals surface area contributed by atoms with E-state index in [1.807, 2.05) is 48.7 Å². The average Bonchev–Trinajstić information content (AvgIpc) is 2.69. The quantitative estimate of drug-likeness (QED) is 0.788. The van der Waals surface area contributed by atoms with Crippen molar-refractivity contribution in [1.29, 1.82) is 5.26 Å². The molecule has 4 rings (SSSR count). The molecule has 0 spiro atoms. The molecule has 1 fully saturated rings. The van der Waals surface area contributed by atoms with Gasteiger partial charge in [0.25, 0.3) is 0 Å². The number of likely N-dealkylation sites (N-methyl/N-ethyl adjacent to an activating group) is 1. The molecule has 1 aliphatic rings. The third-order valence-electron chi connectivity index (χ3n) is 4.67. The van der Waals surface area contributed by atoms with Gasteiger partial charge < -0.3 is 4.90 Å². The normalized spacial score (nSPS) is 15.7. The van der Waals surface area contributed by atoms with E-state index in [4.69, 9.17) is 4.98 Å². The van der Waals surface area contributed by atoms with Crippen LogP contribution in [0.5, 0.6) is 0 Å². The van der Waals surface area contributed by atoms with Gasteiger partial charge in [0, 0.05) is 43.3 Å². The molecule has 0 unspecified atom stereocenters. The Morgan fingerprint density at radius 3 is 2.69 bits per heavy atom. The zero-order valence-corrected chi connectivity index (χ0v) is 14.7. The summed E-state index contributed by atoms with van der Waals surface area (Å²) in [5.74, 6) is 0.603. The standard InChI is InChI=1S/C20H20N6/c1-25-8-10-26(11-9-25)24-20-22-14-17-6-3-7-18(19(17)23-20)16-5-2-4-15(12-16)13-21/h2-7,12,14H,8-11H2,1H3,(H,22,23,24). The van der Waals surface area contributed by atoms with E-state index in [2.05, 4.69) is 33.4 Å². The highest BCUT2D eigenvalue weighted by Crippen LogP contribution is 2.28. The summed E-state index contributed by atoms with van der Waals surface area (Å²) in [5, 5.41) is 12.3. The summed E-state index contributed by atoms with van der Waals surface area (Å²) >= 11 is 0. The van der Waals surface area contributed by atoms with Gasteiger partial charge in [0.1, 0.15) is 0 Å². The number of nitrogens with zero attached hydrogens (tertiary/aromatic N) is 5. The zero-order chi connectivity index (χ0) is 17.9. The minimum absolute atomic E-state index is 0.603. The van der Waals surface area contributed by atoms with E-state index in [0.29, 0.717) is 11.5 Å². The minimum atomic E-state index is 0.603. The molecule has 6 nitrogen and oxygen atoms in total. The van der Waals surface area contributed by atoms with Crippen LogP contribution in [0.25, 0.3) is 22.0 Å². The van der Waals surface area contributed by atoms with Crippen LogP contribution in [0.1, 0.15) is 5.56 Å². The Hall–Kier alpha value is -3.01. The Kier molecular flexibility index (Phi) is 4.48. The second-order valence-corrected chi connectivity index (χ2v) is 6.53. The van der Waals surface area contributed by atoms with Gasteiger partial charge in [-0.25, -0.2) is 15.0 Å². The number of hydrogen-bond donors (Lipinski definition) is 1. The molecule has 0 radical (unpaired) electrons. The number of nitriles is 1. The summed E-state index contributed by atoms with van der Waals surface area (Å²) in [4.78, 5) is 11.5. The Labute approximate surface area is 152 Å². The lowest BCUT2D eigenvalue weighted by Gasteiger charge is -2.32. The topological polar surface area (TPSA) is 68.1 Å². The molecule has 2 aromatic carbocycles. The maximum atomic E-state index is 9.17. The maximum Gasteiger partial charge on any atom is 0.238 e. The van der Waals surface area contributed by atoms with Crippen molar-refractivity contribution in [2.24, 2.45) is 0 Å². The molecule has 1 aromatic heterocycles. The first-order chi connectivity index (χ1) is 12.7. The number of fused-ring (bicyclic) bond motifs is 1. The highest BCUT2D eigenvalue weighted by Gasteiger charge is 2.15. The lowest BCUT2D eigenvalue weighted by molar-refractivity contribution is 0.178. The SMILES string of the molecule is CN1CCN(Nc2ncc3cccc(-c4cccc(C#N)c4)c3n2)CC1. The van der Waals surface area contributed by atoms with Gasteiger partial charge >= 0.3 is 0 Å². The van der Waals surface area contributed by atoms with Crippen LogP contribution in [0.3, 0.4) is 0 Å². The molecule has 3 aromatic rings. The van der Waals surface area contributed by atoms with Gasteiger partial charge in [-0.05, 0) is 24.7 Å². The molecule has 26 heavy (non-hydrogen) atoms. The molecular weight excluding hydrogens is 324 g/mol. The van der Waals surface area contributed by atoms with E-state index >= 15 is 0 Å². The van der Waals surface area contributed by atoms with E-state index in [9.17, 15) is 5.26 Å². The Morgan fingerprint density at radius 2 is 1.88 bits per heavy atom. The molecule has 1 saturated heterocycles. The summed E-state index contributed by atoms with van der Waals surface area (Å²) in [6, 6.07) is 15.8. The summed E-state index contributed by atoms with van der Waals surface area (Å²) in [5.41, 5.74) is 6.84. The van der Waals surface area contributed by atoms with Crippen molar-refractivity contribution in [1.82, 2.24) is 19.9 Å². The summed E-state index contributed by atoms with van der Waals surface area (Å²) in [7, 11) is 2.13. The molecule has 6 heteroatoms. The summed E-state index contributed by atoms with van der Waals surface area (Å²) in [6.45, 7) is 3.91. The first-order valence-corrected chi connectivity index (χ1v) is 8.69. The third kappa shape index (κ3) is 3.36. The van der Waals surface area contributed by atoms with Crippen LogP contribution in [0.15, 0.2) is 48.7 Å². The predicted molar refractivity (Wildman–Crippen MR) is 102 cm³/mol. The molecule has 1 N–H and O–H groups in total. The number of hydrazine groups is 1. The number of anilines is 1. The van der Waals surface area contributed by atoms with Crippen molar-refractivity contribution in [2.75, 3.05) is 38.7 Å².